The lowest BCUT2D eigenvalue weighted by Gasteiger charge is -2.08. The molecule has 1 heterocycles. The third kappa shape index (κ3) is 1.92. The fourth-order valence-corrected chi connectivity index (χ4v) is 1.92. The zero-order valence-electron chi connectivity index (χ0n) is 9.30. The van der Waals surface area contributed by atoms with E-state index in [-0.39, 0.29) is 0 Å². The molecule has 0 amide bonds. The van der Waals surface area contributed by atoms with Gasteiger partial charge in [-0.15, -0.1) is 0 Å². The van der Waals surface area contributed by atoms with Crippen LogP contribution in [-0.4, -0.2) is 16.7 Å². The first-order chi connectivity index (χ1) is 7.80. The van der Waals surface area contributed by atoms with Crippen LogP contribution in [-0.2, 0) is 0 Å². The number of carbonyl (C=O) groups excluding carboxylic acids is 1. The van der Waals surface area contributed by atoms with Crippen LogP contribution in [0.2, 0.25) is 0 Å². The van der Waals surface area contributed by atoms with Crippen molar-refractivity contribution in [2.75, 3.05) is 0 Å². The van der Waals surface area contributed by atoms with Crippen LogP contribution in [0.3, 0.4) is 0 Å². The third-order valence-corrected chi connectivity index (χ3v) is 2.62. The zero-order valence-corrected chi connectivity index (χ0v) is 9.30. The summed E-state index contributed by atoms with van der Waals surface area (Å²) in [6.07, 6.45) is -3.70. The first-order valence-electron chi connectivity index (χ1n) is 5.00. The van der Waals surface area contributed by atoms with Crippen LogP contribution >= 0.6 is 0 Å². The van der Waals surface area contributed by atoms with Crippen LogP contribution in [0.15, 0.2) is 24.4 Å². The lowest BCUT2D eigenvalue weighted by Crippen LogP contribution is -2.28. The molecule has 0 aliphatic carbocycles. The molecule has 1 aromatic carbocycles. The summed E-state index contributed by atoms with van der Waals surface area (Å²) >= 11 is 0. The van der Waals surface area contributed by atoms with Gasteiger partial charge in [0, 0.05) is 11.6 Å². The quantitative estimate of drug-likeness (QED) is 0.692. The van der Waals surface area contributed by atoms with E-state index in [0.29, 0.717) is 15.5 Å². The van der Waals surface area contributed by atoms with Crippen molar-refractivity contribution in [3.05, 3.63) is 35.5 Å². The Labute approximate surface area is 95.7 Å². The lowest BCUT2D eigenvalue weighted by atomic mass is 10.1. The highest BCUT2D eigenvalue weighted by Crippen LogP contribution is 2.25. The topological polar surface area (TPSA) is 22.0 Å². The number of fused-ring (bicyclic) bond motifs is 1. The highest BCUT2D eigenvalue weighted by atomic mass is 19.4. The van der Waals surface area contributed by atoms with Gasteiger partial charge in [0.25, 0.3) is 0 Å². The zero-order chi connectivity index (χ0) is 12.8. The summed E-state index contributed by atoms with van der Waals surface area (Å²) in [5.41, 5.74) is 1.98. The summed E-state index contributed by atoms with van der Waals surface area (Å²) in [7, 11) is 0. The minimum atomic E-state index is -4.86. The van der Waals surface area contributed by atoms with Gasteiger partial charge in [0.05, 0.1) is 5.52 Å². The molecule has 90 valence electrons. The van der Waals surface area contributed by atoms with E-state index in [2.05, 4.69) is 0 Å². The second kappa shape index (κ2) is 3.61. The average molecular weight is 241 g/mol. The Balaban J connectivity index is 2.69. The number of rotatable bonds is 0. The van der Waals surface area contributed by atoms with Gasteiger partial charge in [-0.3, -0.25) is 9.36 Å². The molecule has 0 saturated carbocycles. The molecular formula is C12H10F3NO. The van der Waals surface area contributed by atoms with E-state index >= 15 is 0 Å². The Morgan fingerprint density at radius 3 is 2.47 bits per heavy atom. The molecule has 0 fully saturated rings. The molecule has 0 atom stereocenters. The molecule has 1 aromatic heterocycles. The van der Waals surface area contributed by atoms with Crippen LogP contribution in [0.4, 0.5) is 13.2 Å². The normalized spacial score (nSPS) is 12.1. The fraction of sp³-hybridized carbons (Fsp3) is 0.250. The SMILES string of the molecule is Cc1cc(C)c2ccn(C(=O)C(F)(F)F)c2c1. The van der Waals surface area contributed by atoms with E-state index < -0.39 is 12.1 Å². The van der Waals surface area contributed by atoms with E-state index in [4.69, 9.17) is 0 Å². The standard InChI is InChI=1S/C12H10F3NO/c1-7-5-8(2)9-3-4-16(10(9)6-7)11(17)12(13,14)15/h3-6H,1-2H3. The first kappa shape index (κ1) is 11.7. The molecule has 0 saturated heterocycles. The van der Waals surface area contributed by atoms with Gasteiger partial charge in [0.15, 0.2) is 0 Å². The molecule has 0 bridgehead atoms. The van der Waals surface area contributed by atoms with Gasteiger partial charge in [-0.05, 0) is 37.1 Å². The van der Waals surface area contributed by atoms with Gasteiger partial charge < -0.3 is 0 Å². The Morgan fingerprint density at radius 1 is 1.24 bits per heavy atom. The smallest absolute Gasteiger partial charge is 0.279 e. The average Bonchev–Trinajstić information content (AvgIpc) is 2.58. The van der Waals surface area contributed by atoms with Gasteiger partial charge in [0.1, 0.15) is 0 Å². The molecule has 17 heavy (non-hydrogen) atoms. The molecule has 5 heteroatoms. The Bertz CT molecular complexity index is 596. The maximum Gasteiger partial charge on any atom is 0.472 e. The van der Waals surface area contributed by atoms with Crippen LogP contribution in [0, 0.1) is 13.8 Å². The summed E-state index contributed by atoms with van der Waals surface area (Å²) in [6.45, 7) is 3.58. The Morgan fingerprint density at radius 2 is 1.88 bits per heavy atom. The number of carbonyl (C=O) groups is 1. The van der Waals surface area contributed by atoms with Gasteiger partial charge in [-0.25, -0.2) is 0 Å². The molecule has 0 aliphatic rings. The number of aromatic nitrogens is 1. The van der Waals surface area contributed by atoms with Crippen molar-refractivity contribution in [1.29, 1.82) is 0 Å². The molecule has 2 aromatic rings. The first-order valence-corrected chi connectivity index (χ1v) is 5.00. The summed E-state index contributed by atoms with van der Waals surface area (Å²) in [5, 5.41) is 0.660. The summed E-state index contributed by atoms with van der Waals surface area (Å²) in [4.78, 5) is 11.2. The van der Waals surface area contributed by atoms with E-state index in [1.807, 2.05) is 6.07 Å². The highest BCUT2D eigenvalue weighted by Gasteiger charge is 2.40. The van der Waals surface area contributed by atoms with Crippen molar-refractivity contribution < 1.29 is 18.0 Å². The molecule has 0 N–H and O–H groups in total. The van der Waals surface area contributed by atoms with Crippen molar-refractivity contribution in [2.45, 2.75) is 20.0 Å². The van der Waals surface area contributed by atoms with Gasteiger partial charge in [-0.1, -0.05) is 6.07 Å². The van der Waals surface area contributed by atoms with Crippen LogP contribution < -0.4 is 0 Å². The Hall–Kier alpha value is -1.78. The number of nitrogens with zero attached hydrogens (tertiary/aromatic N) is 1. The van der Waals surface area contributed by atoms with Crippen LogP contribution in [0.1, 0.15) is 15.9 Å². The molecular weight excluding hydrogens is 231 g/mol. The van der Waals surface area contributed by atoms with E-state index in [0.717, 1.165) is 17.3 Å². The van der Waals surface area contributed by atoms with Crippen molar-refractivity contribution in [2.24, 2.45) is 0 Å². The highest BCUT2D eigenvalue weighted by molar-refractivity contribution is 5.96. The number of halogens is 3. The minimum Gasteiger partial charge on any atom is -0.279 e. The number of aryl methyl sites for hydroxylation is 2. The lowest BCUT2D eigenvalue weighted by molar-refractivity contribution is -0.0942. The van der Waals surface area contributed by atoms with Crippen LogP contribution in [0.25, 0.3) is 10.9 Å². The summed E-state index contributed by atoms with van der Waals surface area (Å²) in [5.74, 6) is -1.86. The number of hydrogen-bond donors (Lipinski definition) is 0. The van der Waals surface area contributed by atoms with Gasteiger partial charge in [-0.2, -0.15) is 13.2 Å². The molecule has 2 nitrogen and oxygen atoms in total. The van der Waals surface area contributed by atoms with Gasteiger partial charge >= 0.3 is 12.1 Å². The van der Waals surface area contributed by atoms with Crippen molar-refractivity contribution in [3.63, 3.8) is 0 Å². The minimum absolute atomic E-state index is 0.296. The maximum atomic E-state index is 12.4. The third-order valence-electron chi connectivity index (χ3n) is 2.62. The second-order valence-electron chi connectivity index (χ2n) is 4.00. The second-order valence-corrected chi connectivity index (χ2v) is 4.00. The van der Waals surface area contributed by atoms with Crippen LogP contribution in [0.5, 0.6) is 0 Å². The number of alkyl halides is 3. The molecule has 0 spiro atoms. The van der Waals surface area contributed by atoms with E-state index in [1.54, 1.807) is 19.9 Å². The maximum absolute atomic E-state index is 12.4. The molecule has 0 aliphatic heterocycles. The van der Waals surface area contributed by atoms with Gasteiger partial charge in [0.2, 0.25) is 0 Å². The predicted octanol–water partition coefficient (Wildman–Crippen LogP) is 3.46. The van der Waals surface area contributed by atoms with Crippen molar-refractivity contribution in [3.8, 4) is 0 Å². The number of benzene rings is 1. The molecule has 0 unspecified atom stereocenters. The Kier molecular flexibility index (Phi) is 2.49. The van der Waals surface area contributed by atoms with Crippen molar-refractivity contribution in [1.82, 2.24) is 4.57 Å². The van der Waals surface area contributed by atoms with E-state index in [1.165, 1.54) is 6.07 Å². The van der Waals surface area contributed by atoms with E-state index in [9.17, 15) is 18.0 Å². The summed E-state index contributed by atoms with van der Waals surface area (Å²) < 4.78 is 37.8. The monoisotopic (exact) mass is 241 g/mol. The fourth-order valence-electron chi connectivity index (χ4n) is 1.92. The number of hydrogen-bond acceptors (Lipinski definition) is 1. The molecule has 0 radical (unpaired) electrons. The summed E-state index contributed by atoms with van der Waals surface area (Å²) in [6, 6.07) is 4.96. The van der Waals surface area contributed by atoms with Crippen molar-refractivity contribution >= 4 is 16.8 Å². The molecule has 2 rings (SSSR count). The predicted molar refractivity (Wildman–Crippen MR) is 58.1 cm³/mol. The largest absolute Gasteiger partial charge is 0.472 e.